The largest absolute Gasteiger partial charge is 0.392 e. The minimum atomic E-state index is -0.582. The number of rotatable bonds is 4. The molecular weight excluding hydrogens is 326 g/mol. The first-order valence-corrected chi connectivity index (χ1v) is 8.69. The van der Waals surface area contributed by atoms with Gasteiger partial charge in [0.25, 0.3) is 5.69 Å². The maximum Gasteiger partial charge on any atom is 0.302 e. The SMILES string of the molecule is Cc1c(CO)cc([N+](=O)[O-])c(N2CCC3(CCCC3)CC2)c1[N+](=O)[O-]. The summed E-state index contributed by atoms with van der Waals surface area (Å²) in [6.07, 6.45) is 6.67. The number of nitrogens with zero attached hydrogens (tertiary/aromatic N) is 3. The van der Waals surface area contributed by atoms with E-state index >= 15 is 0 Å². The quantitative estimate of drug-likeness (QED) is 0.658. The molecule has 1 N–H and O–H groups in total. The summed E-state index contributed by atoms with van der Waals surface area (Å²) in [6, 6.07) is 1.28. The highest BCUT2D eigenvalue weighted by molar-refractivity contribution is 5.79. The molecule has 2 fully saturated rings. The van der Waals surface area contributed by atoms with Gasteiger partial charge in [0.1, 0.15) is 0 Å². The van der Waals surface area contributed by atoms with Crippen molar-refractivity contribution in [2.24, 2.45) is 5.41 Å². The summed E-state index contributed by atoms with van der Waals surface area (Å²) in [6.45, 7) is 2.27. The molecule has 0 aromatic heterocycles. The molecule has 1 saturated heterocycles. The van der Waals surface area contributed by atoms with Gasteiger partial charge in [-0.05, 0) is 43.6 Å². The Morgan fingerprint density at radius 3 is 2.20 bits per heavy atom. The van der Waals surface area contributed by atoms with Gasteiger partial charge in [-0.15, -0.1) is 0 Å². The average molecular weight is 349 g/mol. The average Bonchev–Trinajstić information content (AvgIpc) is 3.02. The standard InChI is InChI=1S/C17H23N3O5/c1-12-13(11-21)10-14(19(22)23)16(15(12)20(24)25)18-8-6-17(7-9-18)4-2-3-5-17/h10,21H,2-9,11H2,1H3. The molecule has 0 bridgehead atoms. The Bertz CT molecular complexity index is 703. The number of aliphatic hydroxyl groups excluding tert-OH is 1. The normalized spacial score (nSPS) is 19.4. The number of hydrogen-bond acceptors (Lipinski definition) is 6. The van der Waals surface area contributed by atoms with E-state index in [4.69, 9.17) is 0 Å². The van der Waals surface area contributed by atoms with Crippen molar-refractivity contribution in [3.63, 3.8) is 0 Å². The molecule has 0 radical (unpaired) electrons. The van der Waals surface area contributed by atoms with E-state index < -0.39 is 16.5 Å². The third-order valence-corrected chi connectivity index (χ3v) is 5.97. The zero-order valence-electron chi connectivity index (χ0n) is 14.4. The van der Waals surface area contributed by atoms with Gasteiger partial charge in [-0.3, -0.25) is 20.2 Å². The van der Waals surface area contributed by atoms with Crippen LogP contribution in [0.3, 0.4) is 0 Å². The number of nitro groups is 2. The summed E-state index contributed by atoms with van der Waals surface area (Å²) in [5, 5.41) is 32.6. The van der Waals surface area contributed by atoms with E-state index in [0.29, 0.717) is 24.1 Å². The van der Waals surface area contributed by atoms with E-state index in [2.05, 4.69) is 0 Å². The minimum absolute atomic E-state index is 0.0950. The Kier molecular flexibility index (Phi) is 4.64. The predicted molar refractivity (Wildman–Crippen MR) is 92.8 cm³/mol. The van der Waals surface area contributed by atoms with Gasteiger partial charge in [0.2, 0.25) is 0 Å². The molecule has 136 valence electrons. The molecule has 1 heterocycles. The fraction of sp³-hybridized carbons (Fsp3) is 0.647. The molecular formula is C17H23N3O5. The second-order valence-electron chi connectivity index (χ2n) is 7.24. The van der Waals surface area contributed by atoms with Crippen molar-refractivity contribution in [1.82, 2.24) is 0 Å². The number of benzene rings is 1. The molecule has 1 saturated carbocycles. The summed E-state index contributed by atoms with van der Waals surface area (Å²) >= 11 is 0. The van der Waals surface area contributed by atoms with Crippen molar-refractivity contribution in [1.29, 1.82) is 0 Å². The third-order valence-electron chi connectivity index (χ3n) is 5.97. The summed E-state index contributed by atoms with van der Waals surface area (Å²) in [4.78, 5) is 23.9. The van der Waals surface area contributed by atoms with Crippen molar-refractivity contribution in [3.8, 4) is 0 Å². The highest BCUT2D eigenvalue weighted by Crippen LogP contribution is 2.49. The van der Waals surface area contributed by atoms with Crippen molar-refractivity contribution in [2.75, 3.05) is 18.0 Å². The topological polar surface area (TPSA) is 110 Å². The van der Waals surface area contributed by atoms with Gasteiger partial charge in [0.05, 0.1) is 16.5 Å². The van der Waals surface area contributed by atoms with Crippen LogP contribution in [0.1, 0.15) is 49.7 Å². The number of hydrogen-bond donors (Lipinski definition) is 1. The molecule has 3 rings (SSSR count). The molecule has 1 spiro atoms. The molecule has 8 nitrogen and oxygen atoms in total. The second kappa shape index (κ2) is 6.59. The van der Waals surface area contributed by atoms with Crippen molar-refractivity contribution >= 4 is 17.1 Å². The van der Waals surface area contributed by atoms with Crippen molar-refractivity contribution < 1.29 is 15.0 Å². The molecule has 0 atom stereocenters. The summed E-state index contributed by atoms with van der Waals surface area (Å²) in [5.74, 6) is 0. The molecule has 1 aliphatic heterocycles. The van der Waals surface area contributed by atoms with Crippen molar-refractivity contribution in [2.45, 2.75) is 52.1 Å². The minimum Gasteiger partial charge on any atom is -0.392 e. The highest BCUT2D eigenvalue weighted by atomic mass is 16.6. The lowest BCUT2D eigenvalue weighted by Gasteiger charge is -2.40. The summed E-state index contributed by atoms with van der Waals surface area (Å²) in [7, 11) is 0. The van der Waals surface area contributed by atoms with E-state index in [0.717, 1.165) is 12.8 Å². The summed E-state index contributed by atoms with van der Waals surface area (Å²) < 4.78 is 0. The number of piperidine rings is 1. The van der Waals surface area contributed by atoms with Crippen LogP contribution in [0.5, 0.6) is 0 Å². The maximum atomic E-state index is 11.7. The van der Waals surface area contributed by atoms with Crippen LogP contribution in [0, 0.1) is 32.6 Å². The van der Waals surface area contributed by atoms with Gasteiger partial charge >= 0.3 is 5.69 Å². The van der Waals surface area contributed by atoms with Gasteiger partial charge in [-0.1, -0.05) is 12.8 Å². The van der Waals surface area contributed by atoms with Crippen LogP contribution in [-0.2, 0) is 6.61 Å². The first kappa shape index (κ1) is 17.6. The van der Waals surface area contributed by atoms with Gasteiger partial charge in [0, 0.05) is 24.7 Å². The Labute approximate surface area is 145 Å². The van der Waals surface area contributed by atoms with E-state index in [1.807, 2.05) is 0 Å². The van der Waals surface area contributed by atoms with Crippen LogP contribution in [0.2, 0.25) is 0 Å². The van der Waals surface area contributed by atoms with E-state index in [1.54, 1.807) is 11.8 Å². The first-order valence-electron chi connectivity index (χ1n) is 8.69. The maximum absolute atomic E-state index is 11.7. The van der Waals surface area contributed by atoms with Crippen LogP contribution >= 0.6 is 0 Å². The van der Waals surface area contributed by atoms with Crippen LogP contribution in [-0.4, -0.2) is 28.0 Å². The monoisotopic (exact) mass is 349 g/mol. The van der Waals surface area contributed by atoms with E-state index in [-0.39, 0.29) is 22.6 Å². The molecule has 25 heavy (non-hydrogen) atoms. The number of anilines is 1. The van der Waals surface area contributed by atoms with Crippen LogP contribution in [0.15, 0.2) is 6.07 Å². The number of aliphatic hydroxyl groups is 1. The second-order valence-corrected chi connectivity index (χ2v) is 7.24. The Morgan fingerprint density at radius 1 is 1.12 bits per heavy atom. The molecule has 0 unspecified atom stereocenters. The molecule has 2 aliphatic rings. The van der Waals surface area contributed by atoms with Gasteiger partial charge in [-0.25, -0.2) is 0 Å². The summed E-state index contributed by atoms with van der Waals surface area (Å²) in [5.41, 5.74) is 0.405. The van der Waals surface area contributed by atoms with Crippen LogP contribution < -0.4 is 4.90 Å². The fourth-order valence-corrected chi connectivity index (χ4v) is 4.46. The van der Waals surface area contributed by atoms with Gasteiger partial charge in [0.15, 0.2) is 5.69 Å². The lowest BCUT2D eigenvalue weighted by atomic mass is 9.77. The Hall–Kier alpha value is -2.22. The third kappa shape index (κ3) is 3.06. The smallest absolute Gasteiger partial charge is 0.302 e. The van der Waals surface area contributed by atoms with E-state index in [9.17, 15) is 25.3 Å². The highest BCUT2D eigenvalue weighted by Gasteiger charge is 2.41. The van der Waals surface area contributed by atoms with Gasteiger partial charge < -0.3 is 10.0 Å². The zero-order chi connectivity index (χ0) is 18.2. The van der Waals surface area contributed by atoms with Gasteiger partial charge in [-0.2, -0.15) is 0 Å². The van der Waals surface area contributed by atoms with E-state index in [1.165, 1.54) is 31.7 Å². The lowest BCUT2D eigenvalue weighted by molar-refractivity contribution is -0.393. The molecule has 8 heteroatoms. The molecule has 1 aromatic carbocycles. The first-order chi connectivity index (χ1) is 11.9. The van der Waals surface area contributed by atoms with Crippen molar-refractivity contribution in [3.05, 3.63) is 37.4 Å². The molecule has 1 aliphatic carbocycles. The predicted octanol–water partition coefficient (Wildman–Crippen LogP) is 3.46. The van der Waals surface area contributed by atoms with Crippen LogP contribution in [0.4, 0.5) is 17.1 Å². The zero-order valence-corrected chi connectivity index (χ0v) is 14.4. The Balaban J connectivity index is 2.03. The molecule has 0 amide bonds. The Morgan fingerprint density at radius 2 is 1.72 bits per heavy atom. The fourth-order valence-electron chi connectivity index (χ4n) is 4.46. The number of nitro benzene ring substituents is 2. The lowest BCUT2D eigenvalue weighted by Crippen LogP contribution is -2.39. The molecule has 1 aromatic rings. The van der Waals surface area contributed by atoms with Crippen LogP contribution in [0.25, 0.3) is 0 Å².